The number of rotatable bonds is 3. The summed E-state index contributed by atoms with van der Waals surface area (Å²) in [6.45, 7) is 0.602. The number of anilines is 2. The van der Waals surface area contributed by atoms with Gasteiger partial charge in [0.1, 0.15) is 5.82 Å². The highest BCUT2D eigenvalue weighted by Gasteiger charge is 2.11. The summed E-state index contributed by atoms with van der Waals surface area (Å²) < 4.78 is 14.8. The van der Waals surface area contributed by atoms with Gasteiger partial charge < -0.3 is 10.6 Å². The van der Waals surface area contributed by atoms with E-state index in [0.717, 1.165) is 10.0 Å². The van der Waals surface area contributed by atoms with Gasteiger partial charge in [0, 0.05) is 18.1 Å². The average molecular weight is 309 g/mol. The molecule has 0 bridgehead atoms. The molecule has 2 aromatic rings. The molecule has 18 heavy (non-hydrogen) atoms. The van der Waals surface area contributed by atoms with Gasteiger partial charge in [-0.15, -0.1) is 0 Å². The molecule has 0 amide bonds. The third-order valence-corrected chi connectivity index (χ3v) is 3.20. The molecule has 0 aliphatic heterocycles. The Morgan fingerprint density at radius 2 is 1.94 bits per heavy atom. The van der Waals surface area contributed by atoms with Crippen LogP contribution in [0.25, 0.3) is 0 Å². The standard InChI is InChI=1S/C14H14BrFN2/c1-18(9-10-4-2-5-11(15)8-10)14-12(16)6-3-7-13(14)17/h2-8H,9,17H2,1H3. The molecule has 2 N–H and O–H groups in total. The minimum atomic E-state index is -0.299. The van der Waals surface area contributed by atoms with Gasteiger partial charge in [0.15, 0.2) is 0 Å². The van der Waals surface area contributed by atoms with E-state index in [1.54, 1.807) is 12.1 Å². The molecule has 0 spiro atoms. The van der Waals surface area contributed by atoms with Crippen LogP contribution in [-0.2, 0) is 6.54 Å². The van der Waals surface area contributed by atoms with Crippen molar-refractivity contribution in [1.82, 2.24) is 0 Å². The predicted octanol–water partition coefficient (Wildman–Crippen LogP) is 3.81. The van der Waals surface area contributed by atoms with Gasteiger partial charge in [-0.3, -0.25) is 0 Å². The van der Waals surface area contributed by atoms with Crippen molar-refractivity contribution in [3.63, 3.8) is 0 Å². The van der Waals surface area contributed by atoms with Gasteiger partial charge in [-0.25, -0.2) is 4.39 Å². The Morgan fingerprint density at radius 1 is 1.22 bits per heavy atom. The average Bonchev–Trinajstić information content (AvgIpc) is 2.28. The van der Waals surface area contributed by atoms with E-state index in [0.29, 0.717) is 17.9 Å². The Labute approximate surface area is 114 Å². The van der Waals surface area contributed by atoms with E-state index < -0.39 is 0 Å². The summed E-state index contributed by atoms with van der Waals surface area (Å²) in [5, 5.41) is 0. The van der Waals surface area contributed by atoms with Crippen molar-refractivity contribution in [3.8, 4) is 0 Å². The van der Waals surface area contributed by atoms with Crippen molar-refractivity contribution in [1.29, 1.82) is 0 Å². The highest BCUT2D eigenvalue weighted by Crippen LogP contribution is 2.27. The molecule has 2 nitrogen and oxygen atoms in total. The summed E-state index contributed by atoms with van der Waals surface area (Å²) in [7, 11) is 1.83. The molecule has 0 aliphatic carbocycles. The van der Waals surface area contributed by atoms with Gasteiger partial charge in [0.05, 0.1) is 11.4 Å². The van der Waals surface area contributed by atoms with E-state index >= 15 is 0 Å². The zero-order valence-corrected chi connectivity index (χ0v) is 11.6. The number of para-hydroxylation sites is 1. The first-order chi connectivity index (χ1) is 8.58. The molecule has 0 aromatic heterocycles. The maximum atomic E-state index is 13.8. The number of nitrogen functional groups attached to an aromatic ring is 1. The zero-order chi connectivity index (χ0) is 13.1. The van der Waals surface area contributed by atoms with Crippen molar-refractivity contribution in [2.24, 2.45) is 0 Å². The molecule has 0 saturated heterocycles. The van der Waals surface area contributed by atoms with Gasteiger partial charge in [-0.1, -0.05) is 34.1 Å². The van der Waals surface area contributed by atoms with Crippen LogP contribution < -0.4 is 10.6 Å². The molecule has 2 aromatic carbocycles. The Balaban J connectivity index is 2.25. The van der Waals surface area contributed by atoms with Crippen LogP contribution in [0.5, 0.6) is 0 Å². The summed E-state index contributed by atoms with van der Waals surface area (Å²) in [6.07, 6.45) is 0. The molecule has 0 fully saturated rings. The van der Waals surface area contributed by atoms with Gasteiger partial charge in [0.25, 0.3) is 0 Å². The van der Waals surface area contributed by atoms with Crippen LogP contribution in [0.2, 0.25) is 0 Å². The predicted molar refractivity (Wildman–Crippen MR) is 77.1 cm³/mol. The minimum Gasteiger partial charge on any atom is -0.397 e. The topological polar surface area (TPSA) is 29.3 Å². The third kappa shape index (κ3) is 2.82. The van der Waals surface area contributed by atoms with Crippen LogP contribution in [0.3, 0.4) is 0 Å². The van der Waals surface area contributed by atoms with Crippen LogP contribution in [-0.4, -0.2) is 7.05 Å². The van der Waals surface area contributed by atoms with E-state index in [4.69, 9.17) is 5.73 Å². The molecule has 0 saturated carbocycles. The first-order valence-electron chi connectivity index (χ1n) is 5.57. The highest BCUT2D eigenvalue weighted by atomic mass is 79.9. The summed E-state index contributed by atoms with van der Waals surface area (Å²) in [5.74, 6) is -0.299. The first kappa shape index (κ1) is 12.9. The second-order valence-corrected chi connectivity index (χ2v) is 5.08. The SMILES string of the molecule is CN(Cc1cccc(Br)c1)c1c(N)cccc1F. The second-order valence-electron chi connectivity index (χ2n) is 4.16. The lowest BCUT2D eigenvalue weighted by Gasteiger charge is -2.21. The fourth-order valence-corrected chi connectivity index (χ4v) is 2.37. The summed E-state index contributed by atoms with van der Waals surface area (Å²) in [4.78, 5) is 1.81. The van der Waals surface area contributed by atoms with E-state index in [2.05, 4.69) is 15.9 Å². The lowest BCUT2D eigenvalue weighted by molar-refractivity contribution is 0.623. The maximum absolute atomic E-state index is 13.8. The van der Waals surface area contributed by atoms with Gasteiger partial charge in [-0.2, -0.15) is 0 Å². The van der Waals surface area contributed by atoms with E-state index in [-0.39, 0.29) is 5.82 Å². The van der Waals surface area contributed by atoms with Crippen molar-refractivity contribution in [3.05, 3.63) is 58.3 Å². The number of hydrogen-bond donors (Lipinski definition) is 1. The maximum Gasteiger partial charge on any atom is 0.148 e. The molecular formula is C14H14BrFN2. The van der Waals surface area contributed by atoms with Crippen molar-refractivity contribution in [2.75, 3.05) is 17.7 Å². The Kier molecular flexibility index (Phi) is 3.87. The van der Waals surface area contributed by atoms with Crippen molar-refractivity contribution >= 4 is 27.3 Å². The number of hydrogen-bond acceptors (Lipinski definition) is 2. The van der Waals surface area contributed by atoms with E-state index in [1.165, 1.54) is 6.07 Å². The second kappa shape index (κ2) is 5.40. The van der Waals surface area contributed by atoms with Crippen LogP contribution in [0.1, 0.15) is 5.56 Å². The number of benzene rings is 2. The van der Waals surface area contributed by atoms with Gasteiger partial charge >= 0.3 is 0 Å². The molecule has 94 valence electrons. The number of nitrogens with two attached hydrogens (primary N) is 1. The van der Waals surface area contributed by atoms with Gasteiger partial charge in [-0.05, 0) is 29.8 Å². The van der Waals surface area contributed by atoms with Crippen LogP contribution in [0.15, 0.2) is 46.9 Å². The Hall–Kier alpha value is -1.55. The molecule has 0 aliphatic rings. The molecule has 0 radical (unpaired) electrons. The Bertz CT molecular complexity index is 537. The first-order valence-corrected chi connectivity index (χ1v) is 6.37. The van der Waals surface area contributed by atoms with Crippen molar-refractivity contribution < 1.29 is 4.39 Å². The fourth-order valence-electron chi connectivity index (χ4n) is 1.92. The smallest absolute Gasteiger partial charge is 0.148 e. The molecule has 0 unspecified atom stereocenters. The summed E-state index contributed by atoms with van der Waals surface area (Å²) >= 11 is 3.42. The zero-order valence-electron chi connectivity index (χ0n) is 10.0. The van der Waals surface area contributed by atoms with Gasteiger partial charge in [0.2, 0.25) is 0 Å². The monoisotopic (exact) mass is 308 g/mol. The van der Waals surface area contributed by atoms with E-state index in [1.807, 2.05) is 36.2 Å². The Morgan fingerprint density at radius 3 is 2.61 bits per heavy atom. The number of halogens is 2. The summed E-state index contributed by atoms with van der Waals surface area (Å²) in [5.41, 5.74) is 7.80. The number of nitrogens with zero attached hydrogens (tertiary/aromatic N) is 1. The lowest BCUT2D eigenvalue weighted by atomic mass is 10.2. The molecule has 2 rings (SSSR count). The van der Waals surface area contributed by atoms with Crippen molar-refractivity contribution in [2.45, 2.75) is 6.54 Å². The third-order valence-electron chi connectivity index (χ3n) is 2.71. The quantitative estimate of drug-likeness (QED) is 0.874. The van der Waals surface area contributed by atoms with E-state index in [9.17, 15) is 4.39 Å². The molecular weight excluding hydrogens is 295 g/mol. The normalized spacial score (nSPS) is 10.4. The summed E-state index contributed by atoms with van der Waals surface area (Å²) in [6, 6.07) is 12.7. The van der Waals surface area contributed by atoms with Crippen LogP contribution in [0.4, 0.5) is 15.8 Å². The van der Waals surface area contributed by atoms with Crippen LogP contribution >= 0.6 is 15.9 Å². The largest absolute Gasteiger partial charge is 0.397 e. The fraction of sp³-hybridized carbons (Fsp3) is 0.143. The molecule has 0 heterocycles. The van der Waals surface area contributed by atoms with Crippen LogP contribution in [0, 0.1) is 5.82 Å². The minimum absolute atomic E-state index is 0.299. The highest BCUT2D eigenvalue weighted by molar-refractivity contribution is 9.10. The molecule has 4 heteroatoms. The lowest BCUT2D eigenvalue weighted by Crippen LogP contribution is -2.19. The molecule has 0 atom stereocenters.